The molecule has 4 bridgehead atoms. The van der Waals surface area contributed by atoms with Gasteiger partial charge in [0.15, 0.2) is 4.87 Å². The SMILES string of the molecule is CC(C)C12SSSC3(C(=O)N1C)C(O)C1(C45c6ccccc6NC4N4C(=O)C6(CO)SSSC4(C(=O)N6C)C5O)c4ccccc4NC1N3C2=O. The van der Waals surface area contributed by atoms with Crippen molar-refractivity contribution < 1.29 is 34.5 Å². The maximum absolute atomic E-state index is 15.4. The van der Waals surface area contributed by atoms with Gasteiger partial charge in [0.1, 0.15) is 24.5 Å². The normalized spacial score (nSPS) is 44.2. The number of aliphatic hydroxyl groups excluding tert-OH is 3. The summed E-state index contributed by atoms with van der Waals surface area (Å²) in [5.74, 6) is -2.26. The Labute approximate surface area is 315 Å². The van der Waals surface area contributed by atoms with Crippen molar-refractivity contribution >= 4 is 97.8 Å². The summed E-state index contributed by atoms with van der Waals surface area (Å²) in [5.41, 5.74) is -1.21. The molecule has 10 aliphatic rings. The van der Waals surface area contributed by atoms with E-state index in [1.807, 2.05) is 56.3 Å². The predicted octanol–water partition coefficient (Wildman–Crippen LogP) is 2.24. The van der Waals surface area contributed by atoms with Gasteiger partial charge in [-0.05, 0) is 92.0 Å². The third kappa shape index (κ3) is 3.05. The quantitative estimate of drug-likeness (QED) is 0.287. The van der Waals surface area contributed by atoms with Gasteiger partial charge in [0, 0.05) is 25.5 Å². The molecule has 19 heteroatoms. The van der Waals surface area contributed by atoms with Crippen LogP contribution in [0.2, 0.25) is 0 Å². The van der Waals surface area contributed by atoms with Crippen LogP contribution in [-0.2, 0) is 30.0 Å². The Balaban J connectivity index is 1.34. The Morgan fingerprint density at radius 3 is 1.67 bits per heavy atom. The molecule has 2 spiro atoms. The molecular formula is C32H32N6O7S6. The van der Waals surface area contributed by atoms with E-state index in [2.05, 4.69) is 10.6 Å². The number of piperazine rings is 2. The average Bonchev–Trinajstić information content (AvgIpc) is 3.64. The Bertz CT molecular complexity index is 2020. The van der Waals surface area contributed by atoms with E-state index in [9.17, 15) is 20.1 Å². The number of rotatable bonds is 3. The van der Waals surface area contributed by atoms with Crippen LogP contribution in [-0.4, -0.2) is 123 Å². The van der Waals surface area contributed by atoms with Gasteiger partial charge in [0.25, 0.3) is 23.6 Å². The summed E-state index contributed by atoms with van der Waals surface area (Å²) in [6.45, 7) is 3.13. The molecule has 10 unspecified atom stereocenters. The molecule has 8 saturated heterocycles. The lowest BCUT2D eigenvalue weighted by Crippen LogP contribution is -2.75. The largest absolute Gasteiger partial charge is 0.392 e. The van der Waals surface area contributed by atoms with Crippen molar-refractivity contribution in [3.05, 3.63) is 59.7 Å². The lowest BCUT2D eigenvalue weighted by Gasteiger charge is -2.52. The highest BCUT2D eigenvalue weighted by molar-refractivity contribution is 9.10. The number of likely N-dealkylation sites (N-methyl/N-ethyl adjacent to an activating group) is 2. The number of amides is 4. The van der Waals surface area contributed by atoms with E-state index >= 15 is 14.4 Å². The van der Waals surface area contributed by atoms with Crippen LogP contribution in [0.25, 0.3) is 0 Å². The minimum Gasteiger partial charge on any atom is -0.392 e. The third-order valence-corrected chi connectivity index (χ3v) is 23.1. The molecule has 0 saturated carbocycles. The van der Waals surface area contributed by atoms with Gasteiger partial charge in [-0.2, -0.15) is 0 Å². The lowest BCUT2D eigenvalue weighted by atomic mass is 9.52. The van der Waals surface area contributed by atoms with Crippen LogP contribution in [0.4, 0.5) is 11.4 Å². The lowest BCUT2D eigenvalue weighted by molar-refractivity contribution is -0.169. The molecule has 10 aliphatic heterocycles. The smallest absolute Gasteiger partial charge is 0.265 e. The molecule has 10 heterocycles. The van der Waals surface area contributed by atoms with Crippen LogP contribution in [0, 0.1) is 5.92 Å². The average molecular weight is 805 g/mol. The fourth-order valence-electron chi connectivity index (χ4n) is 10.5. The Morgan fingerprint density at radius 1 is 0.686 bits per heavy atom. The first-order valence-electron chi connectivity index (χ1n) is 16.3. The van der Waals surface area contributed by atoms with Gasteiger partial charge in [-0.1, -0.05) is 50.2 Å². The van der Waals surface area contributed by atoms with Crippen LogP contribution in [0.5, 0.6) is 0 Å². The van der Waals surface area contributed by atoms with Gasteiger partial charge in [-0.15, -0.1) is 0 Å². The van der Waals surface area contributed by atoms with E-state index in [0.29, 0.717) is 22.5 Å². The molecule has 13 nitrogen and oxygen atoms in total. The highest BCUT2D eigenvalue weighted by Crippen LogP contribution is 2.78. The fraction of sp³-hybridized carbons (Fsp3) is 0.500. The van der Waals surface area contributed by atoms with Crippen LogP contribution >= 0.6 is 62.8 Å². The molecule has 268 valence electrons. The summed E-state index contributed by atoms with van der Waals surface area (Å²) in [4.78, 5) is 59.3. The molecule has 2 aromatic rings. The fourth-order valence-corrected chi connectivity index (χ4v) is 22.7. The molecule has 0 radical (unpaired) electrons. The number of hydrogen-bond acceptors (Lipinski definition) is 15. The van der Waals surface area contributed by atoms with E-state index < -0.39 is 79.2 Å². The molecule has 0 aromatic heterocycles. The first-order valence-corrected chi connectivity index (χ1v) is 23.3. The van der Waals surface area contributed by atoms with Crippen molar-refractivity contribution in [2.24, 2.45) is 5.92 Å². The first-order chi connectivity index (χ1) is 24.3. The number of para-hydroxylation sites is 2. The van der Waals surface area contributed by atoms with Gasteiger partial charge in [-0.25, -0.2) is 0 Å². The van der Waals surface area contributed by atoms with Gasteiger partial charge in [-0.3, -0.25) is 29.0 Å². The van der Waals surface area contributed by atoms with E-state index in [1.54, 1.807) is 13.1 Å². The highest BCUT2D eigenvalue weighted by atomic mass is 33.5. The van der Waals surface area contributed by atoms with Crippen molar-refractivity contribution in [2.45, 2.75) is 68.7 Å². The third-order valence-electron chi connectivity index (χ3n) is 12.7. The van der Waals surface area contributed by atoms with Gasteiger partial charge >= 0.3 is 0 Å². The predicted molar refractivity (Wildman–Crippen MR) is 201 cm³/mol. The summed E-state index contributed by atoms with van der Waals surface area (Å²) in [6.07, 6.45) is -5.64. The summed E-state index contributed by atoms with van der Waals surface area (Å²) >= 11 is 0. The number of fused-ring (bicyclic) bond motifs is 13. The Kier molecular flexibility index (Phi) is 6.66. The molecule has 8 fully saturated rings. The Morgan fingerprint density at radius 2 is 1.16 bits per heavy atom. The maximum Gasteiger partial charge on any atom is 0.265 e. The van der Waals surface area contributed by atoms with E-state index in [0.717, 1.165) is 42.2 Å². The van der Waals surface area contributed by atoms with Crippen LogP contribution < -0.4 is 10.6 Å². The molecule has 10 atom stereocenters. The van der Waals surface area contributed by atoms with Gasteiger partial charge in [0.05, 0.1) is 17.4 Å². The number of benzene rings is 2. The van der Waals surface area contributed by atoms with Gasteiger partial charge < -0.3 is 35.8 Å². The number of aliphatic hydroxyl groups is 3. The van der Waals surface area contributed by atoms with Gasteiger partial charge in [0.2, 0.25) is 14.6 Å². The second kappa shape index (κ2) is 10.1. The van der Waals surface area contributed by atoms with Crippen LogP contribution in [0.3, 0.4) is 0 Å². The van der Waals surface area contributed by atoms with Crippen molar-refractivity contribution in [3.8, 4) is 0 Å². The zero-order valence-electron chi connectivity index (χ0n) is 27.4. The number of nitrogens with zero attached hydrogens (tertiary/aromatic N) is 4. The molecule has 12 rings (SSSR count). The second-order valence-electron chi connectivity index (χ2n) is 14.5. The number of carbonyl (C=O) groups excluding carboxylic acids is 4. The Hall–Kier alpha value is -2.10. The molecule has 0 aliphatic carbocycles. The maximum atomic E-state index is 15.4. The summed E-state index contributed by atoms with van der Waals surface area (Å²) in [5, 5.41) is 45.0. The molecule has 4 amide bonds. The molecular weight excluding hydrogens is 773 g/mol. The van der Waals surface area contributed by atoms with E-state index in [4.69, 9.17) is 0 Å². The molecule has 5 N–H and O–H groups in total. The minimum atomic E-state index is -1.92. The van der Waals surface area contributed by atoms with Crippen LogP contribution in [0.1, 0.15) is 25.0 Å². The van der Waals surface area contributed by atoms with Crippen molar-refractivity contribution in [1.29, 1.82) is 0 Å². The minimum absolute atomic E-state index is 0.320. The summed E-state index contributed by atoms with van der Waals surface area (Å²) < 4.78 is 0. The van der Waals surface area contributed by atoms with E-state index in [1.165, 1.54) is 47.3 Å². The van der Waals surface area contributed by atoms with Crippen molar-refractivity contribution in [2.75, 3.05) is 31.3 Å². The zero-order chi connectivity index (χ0) is 35.8. The second-order valence-corrected chi connectivity index (χ2v) is 23.2. The first kappa shape index (κ1) is 33.5. The zero-order valence-corrected chi connectivity index (χ0v) is 32.3. The summed E-state index contributed by atoms with van der Waals surface area (Å²) in [6, 6.07) is 14.6. The van der Waals surface area contributed by atoms with E-state index in [-0.39, 0.29) is 11.8 Å². The topological polar surface area (TPSA) is 166 Å². The van der Waals surface area contributed by atoms with Crippen molar-refractivity contribution in [1.82, 2.24) is 19.6 Å². The van der Waals surface area contributed by atoms with Crippen molar-refractivity contribution in [3.63, 3.8) is 0 Å². The molecule has 51 heavy (non-hydrogen) atoms. The number of carbonyl (C=O) groups is 4. The molecule has 2 aromatic carbocycles. The summed E-state index contributed by atoms with van der Waals surface area (Å²) in [7, 11) is 10.1. The number of nitrogens with one attached hydrogen (secondary N) is 2. The number of hydrogen-bond donors (Lipinski definition) is 5. The monoisotopic (exact) mass is 804 g/mol. The highest BCUT2D eigenvalue weighted by Gasteiger charge is 2.92. The standard InChI is InChI=1S/C32H32N6O7S6/c1-14(2)30-26(45)38-22-29(16-10-6-8-12-18(16)34-22,20(41)32(38,49-51-47-30)25(44)36(30)4)28-15-9-5-7-11-17(15)33-21(28)37-23(42)27(13-39)35(3)24(43)31(37,19(28)40)48-50-46-27/h5-12,14,19-22,33-34,39-41H,13H2,1-4H3. The number of anilines is 2. The van der Waals surface area contributed by atoms with Crippen LogP contribution in [0.15, 0.2) is 48.5 Å².